The Morgan fingerprint density at radius 2 is 2.23 bits per heavy atom. The molecular formula is C6H7NO4S2. The summed E-state index contributed by atoms with van der Waals surface area (Å²) < 4.78 is 22.5. The Balaban J connectivity index is 3.09. The lowest BCUT2D eigenvalue weighted by molar-refractivity contribution is -0.134. The summed E-state index contributed by atoms with van der Waals surface area (Å²) in [6, 6.07) is 1.30. The van der Waals surface area contributed by atoms with Crippen LogP contribution in [-0.4, -0.2) is 25.2 Å². The van der Waals surface area contributed by atoms with Crippen LogP contribution in [0.3, 0.4) is 0 Å². The number of aliphatic carboxylic acids is 1. The number of sulfone groups is 1. The number of anilines is 1. The molecule has 0 aliphatic heterocycles. The standard InChI is InChI=1S/C6H7NO4S2/c7-6-4(1-2-12-6)13(10,11)3-5(8)9/h1-2H,3,7H2,(H,8,9). The molecule has 0 fully saturated rings. The van der Waals surface area contributed by atoms with Crippen LogP contribution in [0.2, 0.25) is 0 Å². The van der Waals surface area contributed by atoms with E-state index in [2.05, 4.69) is 0 Å². The Kier molecular flexibility index (Phi) is 2.58. The number of nitrogen functional groups attached to an aromatic ring is 1. The van der Waals surface area contributed by atoms with E-state index in [0.29, 0.717) is 0 Å². The summed E-state index contributed by atoms with van der Waals surface area (Å²) in [5, 5.41) is 9.95. The molecule has 0 unspecified atom stereocenters. The molecule has 0 aliphatic rings. The first-order valence-electron chi connectivity index (χ1n) is 3.21. The largest absolute Gasteiger partial charge is 0.480 e. The molecule has 0 radical (unpaired) electrons. The van der Waals surface area contributed by atoms with Crippen LogP contribution in [0.1, 0.15) is 0 Å². The van der Waals surface area contributed by atoms with Crippen molar-refractivity contribution >= 4 is 32.1 Å². The van der Waals surface area contributed by atoms with Crippen molar-refractivity contribution in [3.05, 3.63) is 11.4 Å². The van der Waals surface area contributed by atoms with Gasteiger partial charge in [0.15, 0.2) is 15.6 Å². The molecule has 1 rings (SSSR count). The highest BCUT2D eigenvalue weighted by atomic mass is 32.2. The first-order chi connectivity index (χ1) is 5.93. The second-order valence-corrected chi connectivity index (χ2v) is 5.21. The number of carboxylic acid groups (broad SMARTS) is 1. The predicted molar refractivity (Wildman–Crippen MR) is 48.4 cm³/mol. The average molecular weight is 221 g/mol. The van der Waals surface area contributed by atoms with E-state index in [1.807, 2.05) is 0 Å². The topological polar surface area (TPSA) is 97.5 Å². The fourth-order valence-electron chi connectivity index (χ4n) is 0.807. The van der Waals surface area contributed by atoms with Gasteiger partial charge in [0.1, 0.15) is 9.90 Å². The first kappa shape index (κ1) is 10.0. The van der Waals surface area contributed by atoms with Crippen molar-refractivity contribution in [3.8, 4) is 0 Å². The zero-order chi connectivity index (χ0) is 10.1. The molecule has 0 bridgehead atoms. The molecular weight excluding hydrogens is 214 g/mol. The summed E-state index contributed by atoms with van der Waals surface area (Å²) in [7, 11) is -3.76. The van der Waals surface area contributed by atoms with E-state index in [4.69, 9.17) is 10.8 Å². The van der Waals surface area contributed by atoms with Gasteiger partial charge in [-0.25, -0.2) is 8.42 Å². The van der Waals surface area contributed by atoms with E-state index in [9.17, 15) is 13.2 Å². The minimum atomic E-state index is -3.76. The van der Waals surface area contributed by atoms with Gasteiger partial charge in [-0.3, -0.25) is 4.79 Å². The third-order valence-electron chi connectivity index (χ3n) is 1.31. The van der Waals surface area contributed by atoms with Crippen LogP contribution in [0, 0.1) is 0 Å². The number of thiophene rings is 1. The zero-order valence-electron chi connectivity index (χ0n) is 6.43. The minimum Gasteiger partial charge on any atom is -0.480 e. The molecule has 3 N–H and O–H groups in total. The van der Waals surface area contributed by atoms with E-state index in [1.165, 1.54) is 11.4 Å². The highest BCUT2D eigenvalue weighted by Gasteiger charge is 2.21. The maximum Gasteiger partial charge on any atom is 0.319 e. The number of rotatable bonds is 3. The third-order valence-corrected chi connectivity index (χ3v) is 3.83. The molecule has 0 saturated heterocycles. The van der Waals surface area contributed by atoms with E-state index in [0.717, 1.165) is 11.3 Å². The van der Waals surface area contributed by atoms with E-state index < -0.39 is 21.6 Å². The Morgan fingerprint density at radius 3 is 2.62 bits per heavy atom. The SMILES string of the molecule is Nc1sccc1S(=O)(=O)CC(=O)O. The number of hydrogen-bond acceptors (Lipinski definition) is 5. The Hall–Kier alpha value is -1.08. The van der Waals surface area contributed by atoms with Crippen molar-refractivity contribution in [2.45, 2.75) is 4.90 Å². The van der Waals surface area contributed by atoms with Gasteiger partial charge < -0.3 is 10.8 Å². The molecule has 0 atom stereocenters. The molecule has 0 spiro atoms. The molecule has 1 heterocycles. The van der Waals surface area contributed by atoms with Gasteiger partial charge in [0.2, 0.25) is 0 Å². The van der Waals surface area contributed by atoms with Crippen LogP contribution < -0.4 is 5.73 Å². The lowest BCUT2D eigenvalue weighted by atomic mass is 10.6. The summed E-state index contributed by atoms with van der Waals surface area (Å²) in [6.45, 7) is 0. The van der Waals surface area contributed by atoms with Crippen molar-refractivity contribution in [2.24, 2.45) is 0 Å². The maximum atomic E-state index is 11.3. The van der Waals surface area contributed by atoms with Crippen molar-refractivity contribution in [1.82, 2.24) is 0 Å². The second-order valence-electron chi connectivity index (χ2n) is 2.30. The van der Waals surface area contributed by atoms with Crippen LogP contribution in [0.15, 0.2) is 16.3 Å². The van der Waals surface area contributed by atoms with E-state index in [-0.39, 0.29) is 9.90 Å². The second kappa shape index (κ2) is 3.35. The summed E-state index contributed by atoms with van der Waals surface area (Å²) in [6.07, 6.45) is 0. The van der Waals surface area contributed by atoms with Gasteiger partial charge in [-0.15, -0.1) is 11.3 Å². The fraction of sp³-hybridized carbons (Fsp3) is 0.167. The number of carbonyl (C=O) groups is 1. The normalized spacial score (nSPS) is 11.4. The summed E-state index contributed by atoms with van der Waals surface area (Å²) >= 11 is 1.06. The number of nitrogens with two attached hydrogens (primary N) is 1. The minimum absolute atomic E-state index is 0.0973. The highest BCUT2D eigenvalue weighted by Crippen LogP contribution is 2.24. The van der Waals surface area contributed by atoms with Crippen LogP contribution in [-0.2, 0) is 14.6 Å². The van der Waals surface area contributed by atoms with Gasteiger partial charge in [0.05, 0.1) is 0 Å². The van der Waals surface area contributed by atoms with Gasteiger partial charge in [-0.1, -0.05) is 0 Å². The van der Waals surface area contributed by atoms with Crippen LogP contribution in [0.25, 0.3) is 0 Å². The molecule has 1 aromatic heterocycles. The van der Waals surface area contributed by atoms with Crippen LogP contribution in [0.4, 0.5) is 5.00 Å². The maximum absolute atomic E-state index is 11.3. The third kappa shape index (κ3) is 2.19. The molecule has 0 saturated carbocycles. The van der Waals surface area contributed by atoms with Gasteiger partial charge in [-0.05, 0) is 11.4 Å². The molecule has 7 heteroatoms. The molecule has 1 aromatic rings. The van der Waals surface area contributed by atoms with Gasteiger partial charge in [-0.2, -0.15) is 0 Å². The quantitative estimate of drug-likeness (QED) is 0.759. The average Bonchev–Trinajstić information content (AvgIpc) is 2.32. The van der Waals surface area contributed by atoms with Gasteiger partial charge in [0, 0.05) is 0 Å². The van der Waals surface area contributed by atoms with Crippen molar-refractivity contribution in [2.75, 3.05) is 11.5 Å². The Labute approximate surface area is 78.7 Å². The smallest absolute Gasteiger partial charge is 0.319 e. The lowest BCUT2D eigenvalue weighted by Crippen LogP contribution is -2.15. The molecule has 72 valence electrons. The molecule has 0 amide bonds. The molecule has 5 nitrogen and oxygen atoms in total. The summed E-state index contributed by atoms with van der Waals surface area (Å²) in [5.74, 6) is -2.31. The highest BCUT2D eigenvalue weighted by molar-refractivity contribution is 7.92. The molecule has 13 heavy (non-hydrogen) atoms. The van der Waals surface area contributed by atoms with Gasteiger partial charge in [0.25, 0.3) is 0 Å². The lowest BCUT2D eigenvalue weighted by Gasteiger charge is -1.98. The fourth-order valence-corrected chi connectivity index (χ4v) is 3.02. The van der Waals surface area contributed by atoms with E-state index >= 15 is 0 Å². The zero-order valence-corrected chi connectivity index (χ0v) is 8.06. The molecule has 0 aliphatic carbocycles. The number of hydrogen-bond donors (Lipinski definition) is 2. The Morgan fingerprint density at radius 1 is 1.62 bits per heavy atom. The predicted octanol–water partition coefficient (Wildman–Crippen LogP) is 0.189. The van der Waals surface area contributed by atoms with Crippen molar-refractivity contribution in [3.63, 3.8) is 0 Å². The van der Waals surface area contributed by atoms with Crippen LogP contribution in [0.5, 0.6) is 0 Å². The van der Waals surface area contributed by atoms with E-state index in [1.54, 1.807) is 0 Å². The first-order valence-corrected chi connectivity index (χ1v) is 5.74. The van der Waals surface area contributed by atoms with Crippen molar-refractivity contribution in [1.29, 1.82) is 0 Å². The van der Waals surface area contributed by atoms with Gasteiger partial charge >= 0.3 is 5.97 Å². The summed E-state index contributed by atoms with van der Waals surface area (Å²) in [5.41, 5.74) is 5.35. The molecule has 0 aromatic carbocycles. The summed E-state index contributed by atoms with van der Waals surface area (Å²) in [4.78, 5) is 10.1. The number of carboxylic acids is 1. The van der Waals surface area contributed by atoms with Crippen molar-refractivity contribution < 1.29 is 18.3 Å². The monoisotopic (exact) mass is 221 g/mol. The Bertz CT molecular complexity index is 420. The van der Waals surface area contributed by atoms with Crippen LogP contribution >= 0.6 is 11.3 Å².